The molecule has 0 spiro atoms. The third-order valence-electron chi connectivity index (χ3n) is 9.89. The van der Waals surface area contributed by atoms with Gasteiger partial charge in [-0.3, -0.25) is 0 Å². The summed E-state index contributed by atoms with van der Waals surface area (Å²) in [6.07, 6.45) is 0. The van der Waals surface area contributed by atoms with Gasteiger partial charge in [0, 0.05) is 33.0 Å². The fourth-order valence-electron chi connectivity index (χ4n) is 7.23. The quantitative estimate of drug-likeness (QED) is 0.176. The summed E-state index contributed by atoms with van der Waals surface area (Å²) in [5.74, 6) is 0.694. The van der Waals surface area contributed by atoms with Crippen molar-refractivity contribution in [3.63, 3.8) is 0 Å². The maximum atomic E-state index is 6.57. The summed E-state index contributed by atoms with van der Waals surface area (Å²) in [4.78, 5) is 15.3. The summed E-state index contributed by atoms with van der Waals surface area (Å²) in [5.41, 5.74) is 13.9. The van der Waals surface area contributed by atoms with Crippen LogP contribution in [0.5, 0.6) is 0 Å². The topological polar surface area (TPSA) is 51.8 Å². The average Bonchev–Trinajstić information content (AvgIpc) is 3.64. The summed E-state index contributed by atoms with van der Waals surface area (Å²) in [6.45, 7) is 0. The van der Waals surface area contributed by atoms with E-state index in [0.717, 1.165) is 88.9 Å². The Morgan fingerprint density at radius 3 is 1.64 bits per heavy atom. The van der Waals surface area contributed by atoms with Crippen LogP contribution in [0, 0.1) is 0 Å². The van der Waals surface area contributed by atoms with E-state index in [1.807, 2.05) is 48.5 Å². The fraction of sp³-hybridized carbons (Fsp3) is 0. The highest BCUT2D eigenvalue weighted by atomic mass is 16.3. The Kier molecular flexibility index (Phi) is 7.43. The predicted molar refractivity (Wildman–Crippen MR) is 217 cm³/mol. The van der Waals surface area contributed by atoms with Crippen molar-refractivity contribution >= 4 is 32.8 Å². The molecule has 0 atom stereocenters. The molecule has 3 heterocycles. The Labute approximate surface area is 306 Å². The second-order valence-electron chi connectivity index (χ2n) is 13.2. The number of benzene rings is 7. The summed E-state index contributed by atoms with van der Waals surface area (Å²) in [7, 11) is 0. The first kappa shape index (κ1) is 30.6. The van der Waals surface area contributed by atoms with Crippen LogP contribution in [0.4, 0.5) is 0 Å². The zero-order valence-electron chi connectivity index (χ0n) is 28.6. The van der Waals surface area contributed by atoms with E-state index in [1.165, 1.54) is 5.56 Å². The minimum Gasteiger partial charge on any atom is -0.455 e. The van der Waals surface area contributed by atoms with Gasteiger partial charge >= 0.3 is 0 Å². The average molecular weight is 678 g/mol. The Morgan fingerprint density at radius 1 is 0.340 bits per heavy atom. The molecule has 0 N–H and O–H groups in total. The monoisotopic (exact) mass is 677 g/mol. The largest absolute Gasteiger partial charge is 0.455 e. The van der Waals surface area contributed by atoms with Gasteiger partial charge in [0.2, 0.25) is 0 Å². The lowest BCUT2D eigenvalue weighted by Crippen LogP contribution is -1.96. The summed E-state index contributed by atoms with van der Waals surface area (Å²) in [6, 6.07) is 64.9. The highest BCUT2D eigenvalue weighted by molar-refractivity contribution is 6.19. The standard InChI is InChI=1S/C49H31N3O/c1-4-13-32(14-5-1)37-19-12-20-39(29-37)44-31-43(51-49(52-44)36-17-8-3-9-18-36)34-25-23-33(24-26-34)38-27-28-45-41(30-38)46-47(35-15-6-2-7-16-35)50-42-22-11-10-21-40(42)48(46)53-45/h1-31H. The second-order valence-corrected chi connectivity index (χ2v) is 13.2. The van der Waals surface area contributed by atoms with E-state index in [2.05, 4.69) is 140 Å². The first-order valence-corrected chi connectivity index (χ1v) is 17.8. The molecule has 4 nitrogen and oxygen atoms in total. The number of hydrogen-bond donors (Lipinski definition) is 0. The van der Waals surface area contributed by atoms with Gasteiger partial charge in [-0.15, -0.1) is 0 Å². The van der Waals surface area contributed by atoms with Crippen molar-refractivity contribution in [3.8, 4) is 67.4 Å². The van der Waals surface area contributed by atoms with Crippen LogP contribution in [0.1, 0.15) is 0 Å². The van der Waals surface area contributed by atoms with Gasteiger partial charge in [-0.25, -0.2) is 15.0 Å². The van der Waals surface area contributed by atoms with Crippen LogP contribution in [0.25, 0.3) is 100 Å². The van der Waals surface area contributed by atoms with Crippen LogP contribution in [0.3, 0.4) is 0 Å². The van der Waals surface area contributed by atoms with E-state index in [0.29, 0.717) is 5.82 Å². The third-order valence-corrected chi connectivity index (χ3v) is 9.89. The minimum atomic E-state index is 0.694. The van der Waals surface area contributed by atoms with Crippen molar-refractivity contribution in [1.29, 1.82) is 0 Å². The molecule has 7 aromatic carbocycles. The van der Waals surface area contributed by atoms with Crippen LogP contribution in [-0.4, -0.2) is 15.0 Å². The van der Waals surface area contributed by atoms with Crippen LogP contribution < -0.4 is 0 Å². The maximum absolute atomic E-state index is 6.57. The Morgan fingerprint density at radius 2 is 0.887 bits per heavy atom. The van der Waals surface area contributed by atoms with Gasteiger partial charge in [-0.2, -0.15) is 0 Å². The molecule has 0 bridgehead atoms. The lowest BCUT2D eigenvalue weighted by molar-refractivity contribution is 0.672. The van der Waals surface area contributed by atoms with Gasteiger partial charge in [-0.05, 0) is 58.7 Å². The summed E-state index contributed by atoms with van der Waals surface area (Å²) < 4.78 is 6.57. The number of fused-ring (bicyclic) bond motifs is 5. The van der Waals surface area contributed by atoms with Gasteiger partial charge in [0.15, 0.2) is 5.82 Å². The molecule has 53 heavy (non-hydrogen) atoms. The Bertz CT molecular complexity index is 2920. The highest BCUT2D eigenvalue weighted by Gasteiger charge is 2.18. The van der Waals surface area contributed by atoms with Crippen molar-refractivity contribution in [1.82, 2.24) is 15.0 Å². The number of furan rings is 1. The molecular weight excluding hydrogens is 647 g/mol. The third kappa shape index (κ3) is 5.63. The number of nitrogens with zero attached hydrogens (tertiary/aromatic N) is 3. The van der Waals surface area contributed by atoms with Crippen LogP contribution in [-0.2, 0) is 0 Å². The molecule has 0 fully saturated rings. The van der Waals surface area contributed by atoms with Crippen LogP contribution in [0.15, 0.2) is 192 Å². The second kappa shape index (κ2) is 12.9. The number of aromatic nitrogens is 3. The first-order valence-electron chi connectivity index (χ1n) is 17.8. The fourth-order valence-corrected chi connectivity index (χ4v) is 7.23. The molecule has 0 radical (unpaired) electrons. The molecule has 4 heteroatoms. The van der Waals surface area contributed by atoms with E-state index >= 15 is 0 Å². The molecule has 0 saturated carbocycles. The van der Waals surface area contributed by atoms with Crippen molar-refractivity contribution in [2.75, 3.05) is 0 Å². The summed E-state index contributed by atoms with van der Waals surface area (Å²) >= 11 is 0. The minimum absolute atomic E-state index is 0.694. The van der Waals surface area contributed by atoms with E-state index in [9.17, 15) is 0 Å². The normalized spacial score (nSPS) is 11.4. The molecule has 10 aromatic rings. The van der Waals surface area contributed by atoms with Crippen molar-refractivity contribution in [3.05, 3.63) is 188 Å². The molecule has 0 aliphatic carbocycles. The highest BCUT2D eigenvalue weighted by Crippen LogP contribution is 2.41. The van der Waals surface area contributed by atoms with Crippen molar-refractivity contribution in [2.45, 2.75) is 0 Å². The predicted octanol–water partition coefficient (Wildman–Crippen LogP) is 12.9. The zero-order valence-corrected chi connectivity index (χ0v) is 28.6. The molecule has 0 saturated heterocycles. The summed E-state index contributed by atoms with van der Waals surface area (Å²) in [5, 5.41) is 3.08. The first-order chi connectivity index (χ1) is 26.2. The van der Waals surface area contributed by atoms with Crippen molar-refractivity contribution < 1.29 is 4.42 Å². The number of pyridine rings is 1. The molecule has 3 aromatic heterocycles. The zero-order chi connectivity index (χ0) is 35.1. The van der Waals surface area contributed by atoms with Gasteiger partial charge < -0.3 is 4.42 Å². The molecule has 0 aliphatic heterocycles. The van der Waals surface area contributed by atoms with Gasteiger partial charge in [-0.1, -0.05) is 152 Å². The number of rotatable bonds is 6. The van der Waals surface area contributed by atoms with E-state index in [4.69, 9.17) is 19.4 Å². The van der Waals surface area contributed by atoms with E-state index in [1.54, 1.807) is 0 Å². The smallest absolute Gasteiger partial charge is 0.160 e. The lowest BCUT2D eigenvalue weighted by Gasteiger charge is -2.11. The van der Waals surface area contributed by atoms with Gasteiger partial charge in [0.1, 0.15) is 11.2 Å². The lowest BCUT2D eigenvalue weighted by atomic mass is 9.98. The van der Waals surface area contributed by atoms with Gasteiger partial charge in [0.25, 0.3) is 0 Å². The van der Waals surface area contributed by atoms with Crippen molar-refractivity contribution in [2.24, 2.45) is 0 Å². The molecule has 10 rings (SSSR count). The van der Waals surface area contributed by atoms with Gasteiger partial charge in [0.05, 0.1) is 28.0 Å². The van der Waals surface area contributed by atoms with Crippen LogP contribution >= 0.6 is 0 Å². The Balaban J connectivity index is 1.07. The Hall–Kier alpha value is -7.17. The number of hydrogen-bond acceptors (Lipinski definition) is 4. The molecule has 248 valence electrons. The molecule has 0 amide bonds. The van der Waals surface area contributed by atoms with Crippen LogP contribution in [0.2, 0.25) is 0 Å². The molecule has 0 aliphatic rings. The molecule has 0 unspecified atom stereocenters. The SMILES string of the molecule is c1ccc(-c2cccc(-c3cc(-c4ccc(-c5ccc6oc7c8ccccc8nc(-c8ccccc8)c7c6c5)cc4)nc(-c4ccccc4)n3)c2)cc1. The maximum Gasteiger partial charge on any atom is 0.160 e. The van der Waals surface area contributed by atoms with E-state index in [-0.39, 0.29) is 0 Å². The molecular formula is C49H31N3O. The number of para-hydroxylation sites is 1. The van der Waals surface area contributed by atoms with E-state index < -0.39 is 0 Å².